The molecule has 0 aromatic heterocycles. The molecule has 1 rings (SSSR count). The Balaban J connectivity index is 2.28. The largest absolute Gasteiger partial charge is 0.314 e. The molecule has 1 heterocycles. The maximum Gasteiger partial charge on any atom is 0.0276 e. The highest BCUT2D eigenvalue weighted by atomic mass is 32.2. The lowest BCUT2D eigenvalue weighted by Crippen LogP contribution is -2.44. The normalized spacial score (nSPS) is 23.0. The summed E-state index contributed by atoms with van der Waals surface area (Å²) in [5, 5.41) is 7.41. The first-order valence-electron chi connectivity index (χ1n) is 7.67. The molecule has 1 aliphatic heterocycles. The second-order valence-electron chi connectivity index (χ2n) is 5.76. The Morgan fingerprint density at radius 3 is 2.56 bits per heavy atom. The Labute approximate surface area is 118 Å². The molecule has 0 bridgehead atoms. The van der Waals surface area contributed by atoms with Gasteiger partial charge >= 0.3 is 0 Å². The van der Waals surface area contributed by atoms with Crippen LogP contribution < -0.4 is 10.6 Å². The molecule has 1 aliphatic rings. The smallest absolute Gasteiger partial charge is 0.0276 e. The van der Waals surface area contributed by atoms with E-state index in [2.05, 4.69) is 37.7 Å². The van der Waals surface area contributed by atoms with E-state index in [0.29, 0.717) is 10.8 Å². The zero-order chi connectivity index (χ0) is 13.4. The van der Waals surface area contributed by atoms with Gasteiger partial charge in [0.2, 0.25) is 0 Å². The lowest BCUT2D eigenvalue weighted by Gasteiger charge is -2.33. The molecule has 2 nitrogen and oxygen atoms in total. The highest BCUT2D eigenvalue weighted by molar-refractivity contribution is 8.00. The van der Waals surface area contributed by atoms with Crippen LogP contribution in [0.2, 0.25) is 0 Å². The van der Waals surface area contributed by atoms with Crippen molar-refractivity contribution in [3.63, 3.8) is 0 Å². The third-order valence-electron chi connectivity index (χ3n) is 4.54. The van der Waals surface area contributed by atoms with E-state index in [-0.39, 0.29) is 0 Å². The fourth-order valence-corrected chi connectivity index (χ4v) is 3.66. The SMILES string of the molecule is CCC(CC)(CNC(C)CC1CCCCN1)SC. The van der Waals surface area contributed by atoms with Gasteiger partial charge in [-0.2, -0.15) is 11.8 Å². The van der Waals surface area contributed by atoms with Crippen molar-refractivity contribution in [3.8, 4) is 0 Å². The van der Waals surface area contributed by atoms with E-state index in [1.54, 1.807) is 0 Å². The van der Waals surface area contributed by atoms with Gasteiger partial charge in [0.1, 0.15) is 0 Å². The summed E-state index contributed by atoms with van der Waals surface area (Å²) in [6.45, 7) is 9.34. The Morgan fingerprint density at radius 1 is 1.33 bits per heavy atom. The van der Waals surface area contributed by atoms with Crippen LogP contribution in [0.15, 0.2) is 0 Å². The van der Waals surface area contributed by atoms with Crippen LogP contribution in [-0.2, 0) is 0 Å². The molecule has 0 aromatic rings. The Hall–Kier alpha value is 0.270. The quantitative estimate of drug-likeness (QED) is 0.708. The van der Waals surface area contributed by atoms with Crippen LogP contribution in [0.5, 0.6) is 0 Å². The molecular formula is C15H32N2S. The first-order valence-corrected chi connectivity index (χ1v) is 8.90. The summed E-state index contributed by atoms with van der Waals surface area (Å²) < 4.78 is 0.439. The van der Waals surface area contributed by atoms with Crippen LogP contribution in [-0.4, -0.2) is 36.2 Å². The predicted molar refractivity (Wildman–Crippen MR) is 84.6 cm³/mol. The summed E-state index contributed by atoms with van der Waals surface area (Å²) in [6, 6.07) is 1.37. The fraction of sp³-hybridized carbons (Fsp3) is 1.00. The fourth-order valence-electron chi connectivity index (χ4n) is 2.86. The molecule has 3 heteroatoms. The van der Waals surface area contributed by atoms with E-state index in [1.807, 2.05) is 11.8 Å². The summed E-state index contributed by atoms with van der Waals surface area (Å²) in [4.78, 5) is 0. The van der Waals surface area contributed by atoms with Gasteiger partial charge < -0.3 is 10.6 Å². The molecule has 108 valence electrons. The number of hydrogen-bond donors (Lipinski definition) is 2. The molecule has 1 saturated heterocycles. The van der Waals surface area contributed by atoms with E-state index in [0.717, 1.165) is 12.6 Å². The third kappa shape index (κ3) is 5.10. The highest BCUT2D eigenvalue weighted by Crippen LogP contribution is 2.29. The molecule has 0 aromatic carbocycles. The molecule has 0 radical (unpaired) electrons. The Kier molecular flexibility index (Phi) is 7.66. The van der Waals surface area contributed by atoms with Gasteiger partial charge in [0.15, 0.2) is 0 Å². The number of rotatable bonds is 8. The highest BCUT2D eigenvalue weighted by Gasteiger charge is 2.25. The van der Waals surface area contributed by atoms with Crippen LogP contribution in [0.3, 0.4) is 0 Å². The van der Waals surface area contributed by atoms with Crippen molar-refractivity contribution in [3.05, 3.63) is 0 Å². The molecule has 2 unspecified atom stereocenters. The molecule has 2 atom stereocenters. The lowest BCUT2D eigenvalue weighted by molar-refractivity contribution is 0.337. The summed E-state index contributed by atoms with van der Waals surface area (Å²) >= 11 is 2.03. The summed E-state index contributed by atoms with van der Waals surface area (Å²) in [5.74, 6) is 0. The molecule has 2 N–H and O–H groups in total. The number of thioether (sulfide) groups is 1. The van der Waals surface area contributed by atoms with E-state index in [4.69, 9.17) is 0 Å². The average molecular weight is 273 g/mol. The lowest BCUT2D eigenvalue weighted by atomic mass is 9.97. The number of piperidine rings is 1. The van der Waals surface area contributed by atoms with Crippen LogP contribution in [0, 0.1) is 0 Å². The van der Waals surface area contributed by atoms with Gasteiger partial charge in [-0.3, -0.25) is 0 Å². The average Bonchev–Trinajstić information content (AvgIpc) is 2.42. The van der Waals surface area contributed by atoms with Gasteiger partial charge in [-0.25, -0.2) is 0 Å². The molecule has 0 spiro atoms. The van der Waals surface area contributed by atoms with Gasteiger partial charge in [-0.1, -0.05) is 20.3 Å². The zero-order valence-electron chi connectivity index (χ0n) is 12.7. The van der Waals surface area contributed by atoms with E-state index in [9.17, 15) is 0 Å². The maximum absolute atomic E-state index is 3.76. The zero-order valence-corrected chi connectivity index (χ0v) is 13.5. The molecule has 18 heavy (non-hydrogen) atoms. The van der Waals surface area contributed by atoms with E-state index in [1.165, 1.54) is 45.1 Å². The number of hydrogen-bond acceptors (Lipinski definition) is 3. The molecular weight excluding hydrogens is 240 g/mol. The second kappa shape index (κ2) is 8.44. The van der Waals surface area contributed by atoms with Crippen molar-refractivity contribution in [2.45, 2.75) is 76.1 Å². The van der Waals surface area contributed by atoms with Crippen molar-refractivity contribution < 1.29 is 0 Å². The third-order valence-corrected chi connectivity index (χ3v) is 6.13. The topological polar surface area (TPSA) is 24.1 Å². The van der Waals surface area contributed by atoms with E-state index < -0.39 is 0 Å². The minimum Gasteiger partial charge on any atom is -0.314 e. The van der Waals surface area contributed by atoms with Crippen molar-refractivity contribution in [1.82, 2.24) is 10.6 Å². The monoisotopic (exact) mass is 272 g/mol. The summed E-state index contributed by atoms with van der Waals surface area (Å²) in [6.07, 6.45) is 10.2. The molecule has 1 fully saturated rings. The van der Waals surface area contributed by atoms with Crippen LogP contribution in [0.1, 0.15) is 59.3 Å². The van der Waals surface area contributed by atoms with Crippen molar-refractivity contribution in [2.24, 2.45) is 0 Å². The first kappa shape index (κ1) is 16.3. The van der Waals surface area contributed by atoms with Crippen molar-refractivity contribution in [2.75, 3.05) is 19.3 Å². The molecule has 0 saturated carbocycles. The minimum atomic E-state index is 0.439. The Morgan fingerprint density at radius 2 is 2.06 bits per heavy atom. The van der Waals surface area contributed by atoms with Gasteiger partial charge in [0, 0.05) is 23.4 Å². The van der Waals surface area contributed by atoms with Crippen LogP contribution in [0.25, 0.3) is 0 Å². The summed E-state index contributed by atoms with van der Waals surface area (Å²) in [5.41, 5.74) is 0. The van der Waals surface area contributed by atoms with Crippen molar-refractivity contribution >= 4 is 11.8 Å². The van der Waals surface area contributed by atoms with Gasteiger partial charge in [-0.05, 0) is 51.8 Å². The van der Waals surface area contributed by atoms with Crippen LogP contribution in [0.4, 0.5) is 0 Å². The standard InChI is InChI=1S/C15H32N2S/c1-5-15(6-2,18-4)12-17-13(3)11-14-9-7-8-10-16-14/h13-14,16-17H,5-12H2,1-4H3. The predicted octanol–water partition coefficient (Wildman–Crippen LogP) is 3.42. The summed E-state index contributed by atoms with van der Waals surface area (Å²) in [7, 11) is 0. The van der Waals surface area contributed by atoms with E-state index >= 15 is 0 Å². The molecule has 0 aliphatic carbocycles. The second-order valence-corrected chi connectivity index (χ2v) is 7.03. The number of nitrogens with one attached hydrogen (secondary N) is 2. The van der Waals surface area contributed by atoms with Gasteiger partial charge in [-0.15, -0.1) is 0 Å². The minimum absolute atomic E-state index is 0.439. The Bertz CT molecular complexity index is 202. The van der Waals surface area contributed by atoms with Crippen LogP contribution >= 0.6 is 11.8 Å². The molecule has 0 amide bonds. The van der Waals surface area contributed by atoms with Gasteiger partial charge in [0.25, 0.3) is 0 Å². The first-order chi connectivity index (χ1) is 8.65. The van der Waals surface area contributed by atoms with Gasteiger partial charge in [0.05, 0.1) is 0 Å². The maximum atomic E-state index is 3.76. The van der Waals surface area contributed by atoms with Crippen molar-refractivity contribution in [1.29, 1.82) is 0 Å².